The van der Waals surface area contributed by atoms with E-state index in [1.807, 2.05) is 37.4 Å². The maximum atomic E-state index is 5.39. The second-order valence-corrected chi connectivity index (χ2v) is 4.79. The quantitative estimate of drug-likeness (QED) is 0.803. The number of hydrogen-bond acceptors (Lipinski definition) is 5. The number of halogens is 1. The third-order valence-corrected chi connectivity index (χ3v) is 3.33. The van der Waals surface area contributed by atoms with Gasteiger partial charge in [-0.25, -0.2) is 0 Å². The fourth-order valence-corrected chi connectivity index (χ4v) is 2.10. The van der Waals surface area contributed by atoms with E-state index in [0.717, 1.165) is 22.9 Å². The molecule has 6 heteroatoms. The molecule has 1 unspecified atom stereocenters. The van der Waals surface area contributed by atoms with Crippen molar-refractivity contribution in [3.05, 3.63) is 42.4 Å². The largest absolute Gasteiger partial charge is 0.334 e. The molecule has 110 valence electrons. The third kappa shape index (κ3) is 3.20. The molecule has 3 aromatic rings. The van der Waals surface area contributed by atoms with Crippen LogP contribution in [0.3, 0.4) is 0 Å². The van der Waals surface area contributed by atoms with Crippen LogP contribution in [0.25, 0.3) is 22.4 Å². The monoisotopic (exact) mass is 304 g/mol. The average Bonchev–Trinajstić information content (AvgIpc) is 2.94. The normalized spacial score (nSPS) is 12.1. The Labute approximate surface area is 129 Å². The fourth-order valence-electron chi connectivity index (χ4n) is 2.10. The topological polar surface area (TPSA) is 63.8 Å². The second-order valence-electron chi connectivity index (χ2n) is 4.79. The number of rotatable bonds is 4. The smallest absolute Gasteiger partial charge is 0.258 e. The highest BCUT2D eigenvalue weighted by Gasteiger charge is 2.13. The molecule has 0 amide bonds. The van der Waals surface area contributed by atoms with E-state index in [-0.39, 0.29) is 12.4 Å². The van der Waals surface area contributed by atoms with Gasteiger partial charge < -0.3 is 9.84 Å². The first-order valence-corrected chi connectivity index (χ1v) is 6.62. The van der Waals surface area contributed by atoms with Crippen molar-refractivity contribution in [2.24, 2.45) is 0 Å². The molecule has 1 atom stereocenters. The molecule has 0 radical (unpaired) electrons. The van der Waals surface area contributed by atoms with E-state index in [1.54, 1.807) is 6.20 Å². The molecular formula is C15H17ClN4O. The zero-order valence-corrected chi connectivity index (χ0v) is 12.7. The van der Waals surface area contributed by atoms with Crippen LogP contribution in [-0.4, -0.2) is 28.2 Å². The van der Waals surface area contributed by atoms with Crippen LogP contribution in [0.4, 0.5) is 0 Å². The van der Waals surface area contributed by atoms with Gasteiger partial charge in [-0.2, -0.15) is 4.98 Å². The lowest BCUT2D eigenvalue weighted by molar-refractivity contribution is 0.418. The van der Waals surface area contributed by atoms with E-state index >= 15 is 0 Å². The van der Waals surface area contributed by atoms with Gasteiger partial charge in [0.15, 0.2) is 5.82 Å². The Morgan fingerprint density at radius 1 is 1.24 bits per heavy atom. The summed E-state index contributed by atoms with van der Waals surface area (Å²) >= 11 is 0. The number of aromatic nitrogens is 3. The minimum atomic E-state index is 0. The zero-order chi connectivity index (χ0) is 13.9. The van der Waals surface area contributed by atoms with Crippen molar-refractivity contribution in [1.82, 2.24) is 20.4 Å². The van der Waals surface area contributed by atoms with Crippen molar-refractivity contribution in [1.29, 1.82) is 0 Å². The van der Waals surface area contributed by atoms with Crippen molar-refractivity contribution in [2.45, 2.75) is 19.4 Å². The molecule has 0 saturated heterocycles. The number of benzene rings is 1. The van der Waals surface area contributed by atoms with Crippen LogP contribution in [0.15, 0.2) is 41.1 Å². The molecule has 0 bridgehead atoms. The van der Waals surface area contributed by atoms with Gasteiger partial charge in [0.1, 0.15) is 0 Å². The number of nitrogens with one attached hydrogen (secondary N) is 1. The lowest BCUT2D eigenvalue weighted by atomic mass is 10.1. The summed E-state index contributed by atoms with van der Waals surface area (Å²) in [6.45, 7) is 2.08. The maximum absolute atomic E-state index is 5.39. The summed E-state index contributed by atoms with van der Waals surface area (Å²) in [6, 6.07) is 10.1. The second kappa shape index (κ2) is 6.65. The molecule has 0 aliphatic heterocycles. The minimum absolute atomic E-state index is 0. The van der Waals surface area contributed by atoms with Crippen molar-refractivity contribution < 1.29 is 4.52 Å². The summed E-state index contributed by atoms with van der Waals surface area (Å²) < 4.78 is 5.39. The van der Waals surface area contributed by atoms with Gasteiger partial charge in [0.2, 0.25) is 0 Å². The molecule has 0 saturated carbocycles. The van der Waals surface area contributed by atoms with Gasteiger partial charge in [-0.1, -0.05) is 23.4 Å². The van der Waals surface area contributed by atoms with Crippen LogP contribution in [0, 0.1) is 0 Å². The number of para-hydroxylation sites is 1. The molecule has 1 N–H and O–H groups in total. The highest BCUT2D eigenvalue weighted by Crippen LogP contribution is 2.25. The van der Waals surface area contributed by atoms with E-state index in [2.05, 4.69) is 27.4 Å². The molecule has 2 heterocycles. The van der Waals surface area contributed by atoms with Crippen molar-refractivity contribution >= 4 is 23.3 Å². The molecule has 21 heavy (non-hydrogen) atoms. The first-order chi connectivity index (χ1) is 9.78. The third-order valence-electron chi connectivity index (χ3n) is 3.33. The standard InChI is InChI=1S/C15H16N4O.ClH/c1-10(16-2)9-14-18-15(20-19-14)12-7-8-17-13-6-4-3-5-11(12)13;/h3-8,10,16H,9H2,1-2H3;1H. The summed E-state index contributed by atoms with van der Waals surface area (Å²) in [7, 11) is 1.92. The maximum Gasteiger partial charge on any atom is 0.258 e. The van der Waals surface area contributed by atoms with Crippen LogP contribution >= 0.6 is 12.4 Å². The van der Waals surface area contributed by atoms with Gasteiger partial charge in [-0.05, 0) is 26.1 Å². The number of likely N-dealkylation sites (N-methyl/N-ethyl adjacent to an activating group) is 1. The molecule has 1 aromatic carbocycles. The number of pyridine rings is 1. The van der Waals surface area contributed by atoms with E-state index in [4.69, 9.17) is 4.52 Å². The Kier molecular flexibility index (Phi) is 4.88. The van der Waals surface area contributed by atoms with Crippen LogP contribution in [0.1, 0.15) is 12.7 Å². The number of nitrogens with zero attached hydrogens (tertiary/aromatic N) is 3. The van der Waals surface area contributed by atoms with Gasteiger partial charge in [0.05, 0.1) is 11.1 Å². The Balaban J connectivity index is 0.00000161. The zero-order valence-electron chi connectivity index (χ0n) is 11.9. The molecule has 3 rings (SSSR count). The van der Waals surface area contributed by atoms with Crippen molar-refractivity contribution in [3.8, 4) is 11.5 Å². The first kappa shape index (κ1) is 15.4. The molecule has 0 fully saturated rings. The Morgan fingerprint density at radius 3 is 2.86 bits per heavy atom. The van der Waals surface area contributed by atoms with Crippen LogP contribution in [-0.2, 0) is 6.42 Å². The highest BCUT2D eigenvalue weighted by atomic mass is 35.5. The Hall–Kier alpha value is -1.98. The van der Waals surface area contributed by atoms with Gasteiger partial charge in [0, 0.05) is 24.0 Å². The van der Waals surface area contributed by atoms with E-state index < -0.39 is 0 Å². The summed E-state index contributed by atoms with van der Waals surface area (Å²) in [6.07, 6.45) is 2.50. The molecule has 5 nitrogen and oxygen atoms in total. The molecule has 0 spiro atoms. The fraction of sp³-hybridized carbons (Fsp3) is 0.267. The highest BCUT2D eigenvalue weighted by molar-refractivity contribution is 5.91. The Bertz CT molecular complexity index is 723. The minimum Gasteiger partial charge on any atom is -0.334 e. The van der Waals surface area contributed by atoms with Crippen molar-refractivity contribution in [2.75, 3.05) is 7.05 Å². The van der Waals surface area contributed by atoms with Crippen LogP contribution in [0.5, 0.6) is 0 Å². The van der Waals surface area contributed by atoms with Crippen LogP contribution in [0.2, 0.25) is 0 Å². The molecule has 0 aliphatic carbocycles. The number of hydrogen-bond donors (Lipinski definition) is 1. The SMILES string of the molecule is CNC(C)Cc1noc(-c2ccnc3ccccc23)n1.Cl. The van der Waals surface area contributed by atoms with Gasteiger partial charge in [0.25, 0.3) is 5.89 Å². The summed E-state index contributed by atoms with van der Waals surface area (Å²) in [5, 5.41) is 8.22. The predicted molar refractivity (Wildman–Crippen MR) is 84.5 cm³/mol. The molecule has 0 aliphatic rings. The van der Waals surface area contributed by atoms with E-state index in [9.17, 15) is 0 Å². The van der Waals surface area contributed by atoms with Gasteiger partial charge >= 0.3 is 0 Å². The summed E-state index contributed by atoms with van der Waals surface area (Å²) in [5.74, 6) is 1.25. The van der Waals surface area contributed by atoms with Crippen LogP contribution < -0.4 is 5.32 Å². The van der Waals surface area contributed by atoms with E-state index in [0.29, 0.717) is 17.8 Å². The summed E-state index contributed by atoms with van der Waals surface area (Å²) in [5.41, 5.74) is 1.85. The first-order valence-electron chi connectivity index (χ1n) is 6.62. The summed E-state index contributed by atoms with van der Waals surface area (Å²) in [4.78, 5) is 8.81. The molecule has 2 aromatic heterocycles. The Morgan fingerprint density at radius 2 is 2.05 bits per heavy atom. The van der Waals surface area contributed by atoms with Gasteiger partial charge in [-0.3, -0.25) is 4.98 Å². The average molecular weight is 305 g/mol. The molecular weight excluding hydrogens is 288 g/mol. The lowest BCUT2D eigenvalue weighted by Gasteiger charge is -2.04. The lowest BCUT2D eigenvalue weighted by Crippen LogP contribution is -2.24. The predicted octanol–water partition coefficient (Wildman–Crippen LogP) is 2.86. The van der Waals surface area contributed by atoms with Crippen molar-refractivity contribution in [3.63, 3.8) is 0 Å². The van der Waals surface area contributed by atoms with E-state index in [1.165, 1.54) is 0 Å². The van der Waals surface area contributed by atoms with Gasteiger partial charge in [-0.15, -0.1) is 12.4 Å². The number of fused-ring (bicyclic) bond motifs is 1.